The first-order valence-corrected chi connectivity index (χ1v) is 6.61. The molecule has 2 aromatic rings. The molecule has 1 aliphatic rings. The third-order valence-electron chi connectivity index (χ3n) is 3.14. The number of hydrogen-bond donors (Lipinski definition) is 1. The first-order chi connectivity index (χ1) is 10.6. The van der Waals surface area contributed by atoms with Crippen molar-refractivity contribution in [2.75, 3.05) is 0 Å². The van der Waals surface area contributed by atoms with Crippen LogP contribution < -0.4 is 0 Å². The third kappa shape index (κ3) is 2.83. The van der Waals surface area contributed by atoms with Crippen molar-refractivity contribution >= 4 is 18.0 Å². The van der Waals surface area contributed by atoms with Crippen LogP contribution in [0.2, 0.25) is 0 Å². The smallest absolute Gasteiger partial charge is 0.348 e. The summed E-state index contributed by atoms with van der Waals surface area (Å²) in [6, 6.07) is 14.8. The maximum atomic E-state index is 12.0. The zero-order valence-electron chi connectivity index (χ0n) is 11.4. The molecule has 22 heavy (non-hydrogen) atoms. The van der Waals surface area contributed by atoms with Gasteiger partial charge in [-0.2, -0.15) is 0 Å². The number of carbonyl (C=O) groups is 2. The molecule has 110 valence electrons. The molecule has 0 aromatic heterocycles. The monoisotopic (exact) mass is 296 g/mol. The van der Waals surface area contributed by atoms with E-state index in [0.717, 1.165) is 0 Å². The van der Waals surface area contributed by atoms with Gasteiger partial charge in [-0.15, -0.1) is 0 Å². The van der Waals surface area contributed by atoms with Crippen molar-refractivity contribution in [2.45, 2.75) is 6.29 Å². The first-order valence-electron chi connectivity index (χ1n) is 6.61. The van der Waals surface area contributed by atoms with Crippen molar-refractivity contribution in [1.29, 1.82) is 0 Å². The molecule has 1 N–H and O–H groups in total. The minimum Gasteiger partial charge on any atom is -0.508 e. The number of aromatic hydroxyl groups is 1. The molecule has 0 unspecified atom stereocenters. The lowest BCUT2D eigenvalue weighted by Crippen LogP contribution is -2.29. The Labute approximate surface area is 126 Å². The van der Waals surface area contributed by atoms with E-state index in [4.69, 9.17) is 9.47 Å². The number of benzene rings is 2. The SMILES string of the molecule is O=C1OC(c2ccccc2)OC(=O)C1=Cc1ccc(O)cc1. The zero-order valence-corrected chi connectivity index (χ0v) is 11.4. The number of carbonyl (C=O) groups excluding carboxylic acids is 2. The van der Waals surface area contributed by atoms with E-state index < -0.39 is 18.2 Å². The van der Waals surface area contributed by atoms with Crippen molar-refractivity contribution in [3.63, 3.8) is 0 Å². The lowest BCUT2D eigenvalue weighted by molar-refractivity contribution is -0.195. The topological polar surface area (TPSA) is 72.8 Å². The van der Waals surface area contributed by atoms with Crippen LogP contribution in [0, 0.1) is 0 Å². The van der Waals surface area contributed by atoms with Crippen LogP contribution in [-0.2, 0) is 19.1 Å². The second-order valence-corrected chi connectivity index (χ2v) is 4.70. The Hall–Kier alpha value is -3.08. The van der Waals surface area contributed by atoms with Crippen LogP contribution in [0.25, 0.3) is 6.08 Å². The Morgan fingerprint density at radius 1 is 0.864 bits per heavy atom. The predicted octanol–water partition coefficient (Wildman–Crippen LogP) is 2.57. The summed E-state index contributed by atoms with van der Waals surface area (Å²) in [7, 11) is 0. The average molecular weight is 296 g/mol. The molecule has 5 heteroatoms. The summed E-state index contributed by atoms with van der Waals surface area (Å²) in [6.45, 7) is 0. The van der Waals surface area contributed by atoms with Crippen molar-refractivity contribution < 1.29 is 24.2 Å². The second-order valence-electron chi connectivity index (χ2n) is 4.70. The number of phenolic OH excluding ortho intramolecular Hbond substituents is 1. The molecular weight excluding hydrogens is 284 g/mol. The highest BCUT2D eigenvalue weighted by molar-refractivity contribution is 6.18. The fourth-order valence-corrected chi connectivity index (χ4v) is 2.03. The Bertz CT molecular complexity index is 711. The van der Waals surface area contributed by atoms with E-state index in [1.165, 1.54) is 18.2 Å². The summed E-state index contributed by atoms with van der Waals surface area (Å²) in [5, 5.41) is 9.22. The number of rotatable bonds is 2. The lowest BCUT2D eigenvalue weighted by Gasteiger charge is -2.23. The number of ether oxygens (including phenoxy) is 2. The number of esters is 2. The summed E-state index contributed by atoms with van der Waals surface area (Å²) in [4.78, 5) is 24.0. The van der Waals surface area contributed by atoms with Gasteiger partial charge in [0.1, 0.15) is 11.3 Å². The summed E-state index contributed by atoms with van der Waals surface area (Å²) in [5.74, 6) is -1.38. The molecule has 0 spiro atoms. The van der Waals surface area contributed by atoms with E-state index in [0.29, 0.717) is 11.1 Å². The number of hydrogen-bond acceptors (Lipinski definition) is 5. The molecule has 1 aliphatic heterocycles. The van der Waals surface area contributed by atoms with Gasteiger partial charge in [-0.25, -0.2) is 9.59 Å². The molecule has 1 fully saturated rings. The van der Waals surface area contributed by atoms with Crippen LogP contribution >= 0.6 is 0 Å². The molecule has 1 saturated heterocycles. The van der Waals surface area contributed by atoms with Crippen LogP contribution in [-0.4, -0.2) is 17.0 Å². The van der Waals surface area contributed by atoms with Gasteiger partial charge in [-0.05, 0) is 23.8 Å². The summed E-state index contributed by atoms with van der Waals surface area (Å²) >= 11 is 0. The van der Waals surface area contributed by atoms with Crippen LogP contribution in [0.5, 0.6) is 5.75 Å². The van der Waals surface area contributed by atoms with E-state index in [2.05, 4.69) is 0 Å². The zero-order chi connectivity index (χ0) is 15.5. The van der Waals surface area contributed by atoms with Crippen molar-refractivity contribution in [1.82, 2.24) is 0 Å². The van der Waals surface area contributed by atoms with E-state index in [1.807, 2.05) is 6.07 Å². The maximum Gasteiger partial charge on any atom is 0.348 e. The van der Waals surface area contributed by atoms with Gasteiger partial charge in [0.25, 0.3) is 6.29 Å². The van der Waals surface area contributed by atoms with E-state index in [9.17, 15) is 14.7 Å². The van der Waals surface area contributed by atoms with Crippen molar-refractivity contribution in [2.24, 2.45) is 0 Å². The summed E-state index contributed by atoms with van der Waals surface area (Å²) in [5.41, 5.74) is 0.991. The summed E-state index contributed by atoms with van der Waals surface area (Å²) < 4.78 is 10.3. The van der Waals surface area contributed by atoms with E-state index in [1.54, 1.807) is 36.4 Å². The van der Waals surface area contributed by atoms with Crippen LogP contribution in [0.15, 0.2) is 60.2 Å². The van der Waals surface area contributed by atoms with E-state index >= 15 is 0 Å². The molecule has 0 amide bonds. The fraction of sp³-hybridized carbons (Fsp3) is 0.0588. The highest BCUT2D eigenvalue weighted by Gasteiger charge is 2.34. The van der Waals surface area contributed by atoms with Crippen LogP contribution in [0.1, 0.15) is 17.4 Å². The fourth-order valence-electron chi connectivity index (χ4n) is 2.03. The number of phenols is 1. The second kappa shape index (κ2) is 5.73. The van der Waals surface area contributed by atoms with Gasteiger partial charge >= 0.3 is 11.9 Å². The molecule has 0 saturated carbocycles. The van der Waals surface area contributed by atoms with Gasteiger partial charge in [0, 0.05) is 5.56 Å². The molecular formula is C17H12O5. The largest absolute Gasteiger partial charge is 0.508 e. The quantitative estimate of drug-likeness (QED) is 0.524. The Balaban J connectivity index is 1.83. The van der Waals surface area contributed by atoms with Gasteiger partial charge in [0.2, 0.25) is 0 Å². The Kier molecular flexibility index (Phi) is 3.62. The number of cyclic esters (lactones) is 2. The van der Waals surface area contributed by atoms with Gasteiger partial charge in [-0.1, -0.05) is 42.5 Å². The van der Waals surface area contributed by atoms with Gasteiger partial charge in [0.05, 0.1) is 0 Å². The minimum atomic E-state index is -1.03. The normalized spacial score (nSPS) is 17.6. The van der Waals surface area contributed by atoms with Crippen molar-refractivity contribution in [3.05, 3.63) is 71.3 Å². The average Bonchev–Trinajstić information content (AvgIpc) is 2.53. The molecule has 2 aromatic carbocycles. The standard InChI is InChI=1S/C17H12O5/c18-13-8-6-11(7-9-13)10-14-15(19)21-17(22-16(14)20)12-4-2-1-3-5-12/h1-10,17-18H. The molecule has 0 atom stereocenters. The lowest BCUT2D eigenvalue weighted by atomic mass is 10.1. The Morgan fingerprint density at radius 3 is 2.05 bits per heavy atom. The van der Waals surface area contributed by atoms with Crippen LogP contribution in [0.3, 0.4) is 0 Å². The highest BCUT2D eigenvalue weighted by atomic mass is 16.7. The molecule has 5 nitrogen and oxygen atoms in total. The molecule has 0 aliphatic carbocycles. The first kappa shape index (κ1) is 13.9. The maximum absolute atomic E-state index is 12.0. The van der Waals surface area contributed by atoms with Gasteiger partial charge < -0.3 is 14.6 Å². The minimum absolute atomic E-state index is 0.0973. The molecule has 0 bridgehead atoms. The predicted molar refractivity (Wildman–Crippen MR) is 77.5 cm³/mol. The molecule has 3 rings (SSSR count). The van der Waals surface area contributed by atoms with E-state index in [-0.39, 0.29) is 11.3 Å². The summed E-state index contributed by atoms with van der Waals surface area (Å²) in [6.07, 6.45) is 0.337. The van der Waals surface area contributed by atoms with Crippen molar-refractivity contribution in [3.8, 4) is 5.75 Å². The third-order valence-corrected chi connectivity index (χ3v) is 3.14. The van der Waals surface area contributed by atoms with Gasteiger partial charge in [0.15, 0.2) is 0 Å². The molecule has 1 heterocycles. The highest BCUT2D eigenvalue weighted by Crippen LogP contribution is 2.27. The molecule has 0 radical (unpaired) electrons. The Morgan fingerprint density at radius 2 is 1.45 bits per heavy atom. The van der Waals surface area contributed by atoms with Gasteiger partial charge in [-0.3, -0.25) is 0 Å². The van der Waals surface area contributed by atoms with Crippen LogP contribution in [0.4, 0.5) is 0 Å².